The molecule has 0 saturated heterocycles. The maximum atomic E-state index is 11.8. The lowest BCUT2D eigenvalue weighted by Gasteiger charge is -2.58. The van der Waals surface area contributed by atoms with Gasteiger partial charge in [0, 0.05) is 5.41 Å². The summed E-state index contributed by atoms with van der Waals surface area (Å²) in [6.45, 7) is 11.9. The quantitative estimate of drug-likeness (QED) is 0.579. The molecule has 1 nitrogen and oxygen atoms in total. The Morgan fingerprint density at radius 2 is 1.95 bits per heavy atom. The Bertz CT molecular complexity index is 363. The lowest BCUT2D eigenvalue weighted by molar-refractivity contribution is -0.138. The van der Waals surface area contributed by atoms with Crippen LogP contribution in [0.4, 0.5) is 0 Å². The molecule has 0 N–H and O–H groups in total. The van der Waals surface area contributed by atoms with Crippen LogP contribution in [0.25, 0.3) is 0 Å². The van der Waals surface area contributed by atoms with Crippen LogP contribution in [0, 0.1) is 34.5 Å². The number of aldehydes is 1. The maximum Gasteiger partial charge on any atom is 0.126 e. The number of hydrogen-bond acceptors (Lipinski definition) is 1. The molecule has 1 heteroatoms. The summed E-state index contributed by atoms with van der Waals surface area (Å²) >= 11 is 0. The molecule has 0 aromatic rings. The van der Waals surface area contributed by atoms with E-state index in [4.69, 9.17) is 0 Å². The number of hydrogen-bond donors (Lipinski definition) is 0. The van der Waals surface area contributed by atoms with Crippen LogP contribution in [0.5, 0.6) is 0 Å². The highest BCUT2D eigenvalue weighted by Gasteiger charge is 2.54. The van der Waals surface area contributed by atoms with Crippen molar-refractivity contribution in [3.63, 3.8) is 0 Å². The Hall–Kier alpha value is -0.330. The highest BCUT2D eigenvalue weighted by Crippen LogP contribution is 2.61. The number of fused-ring (bicyclic) bond motifs is 1. The van der Waals surface area contributed by atoms with Gasteiger partial charge in [-0.3, -0.25) is 0 Å². The first kappa shape index (κ1) is 17.0. The average molecular weight is 293 g/mol. The molecular weight excluding hydrogens is 256 g/mol. The van der Waals surface area contributed by atoms with E-state index in [9.17, 15) is 4.79 Å². The molecule has 0 radical (unpaired) electrons. The van der Waals surface area contributed by atoms with Gasteiger partial charge in [0.1, 0.15) is 6.29 Å². The minimum atomic E-state index is -0.0538. The third-order valence-corrected chi connectivity index (χ3v) is 7.40. The molecule has 0 spiro atoms. The van der Waals surface area contributed by atoms with Gasteiger partial charge in [-0.1, -0.05) is 60.3 Å². The van der Waals surface area contributed by atoms with Crippen molar-refractivity contribution in [2.24, 2.45) is 34.5 Å². The third kappa shape index (κ3) is 3.08. The highest BCUT2D eigenvalue weighted by molar-refractivity contribution is 5.60. The molecule has 2 aliphatic rings. The van der Waals surface area contributed by atoms with Crippen LogP contribution in [0.2, 0.25) is 0 Å². The van der Waals surface area contributed by atoms with Gasteiger partial charge in [0.15, 0.2) is 0 Å². The van der Waals surface area contributed by atoms with E-state index in [1.54, 1.807) is 0 Å². The summed E-state index contributed by atoms with van der Waals surface area (Å²) in [5.74, 6) is 3.13. The highest BCUT2D eigenvalue weighted by atomic mass is 16.1. The van der Waals surface area contributed by atoms with Gasteiger partial charge in [-0.2, -0.15) is 0 Å². The molecule has 0 amide bonds. The van der Waals surface area contributed by atoms with Gasteiger partial charge in [-0.25, -0.2) is 0 Å². The number of carbonyl (C=O) groups is 1. The fraction of sp³-hybridized carbons (Fsp3) is 0.950. The minimum absolute atomic E-state index is 0.0538. The molecule has 2 rings (SSSR count). The fourth-order valence-corrected chi connectivity index (χ4v) is 5.76. The van der Waals surface area contributed by atoms with Crippen molar-refractivity contribution >= 4 is 6.29 Å². The normalized spacial score (nSPS) is 44.9. The molecule has 2 aliphatic carbocycles. The zero-order valence-corrected chi connectivity index (χ0v) is 15.0. The second-order valence-electron chi connectivity index (χ2n) is 8.79. The lowest BCUT2D eigenvalue weighted by atomic mass is 9.46. The monoisotopic (exact) mass is 292 g/mol. The molecular formula is C20H36O. The van der Waals surface area contributed by atoms with Crippen LogP contribution in [-0.2, 0) is 4.79 Å². The largest absolute Gasteiger partial charge is 0.303 e. The lowest BCUT2D eigenvalue weighted by Crippen LogP contribution is -2.52. The van der Waals surface area contributed by atoms with E-state index in [0.717, 1.165) is 24.2 Å². The van der Waals surface area contributed by atoms with E-state index in [2.05, 4.69) is 34.6 Å². The van der Waals surface area contributed by atoms with E-state index < -0.39 is 0 Å². The maximum absolute atomic E-state index is 11.8. The standard InChI is InChI=1S/C20H36O/c1-6-15(2)8-10-17-16(3)9-11-18-19(4,14-21)12-7-13-20(17,18)5/h14-18H,6-13H2,1-5H3/t15?,16-,17-,18?,19+,20+/m0/s1. The van der Waals surface area contributed by atoms with Crippen molar-refractivity contribution in [2.45, 2.75) is 86.0 Å². The van der Waals surface area contributed by atoms with Crippen molar-refractivity contribution in [2.75, 3.05) is 0 Å². The van der Waals surface area contributed by atoms with Crippen LogP contribution in [0.1, 0.15) is 86.0 Å². The van der Waals surface area contributed by atoms with Crippen LogP contribution in [0.15, 0.2) is 0 Å². The summed E-state index contributed by atoms with van der Waals surface area (Å²) in [5.41, 5.74) is 0.348. The number of rotatable bonds is 5. The Morgan fingerprint density at radius 1 is 1.24 bits per heavy atom. The summed E-state index contributed by atoms with van der Waals surface area (Å²) in [4.78, 5) is 11.8. The van der Waals surface area contributed by atoms with Crippen molar-refractivity contribution < 1.29 is 4.79 Å². The smallest absolute Gasteiger partial charge is 0.126 e. The van der Waals surface area contributed by atoms with Crippen molar-refractivity contribution in [3.8, 4) is 0 Å². The van der Waals surface area contributed by atoms with E-state index in [-0.39, 0.29) is 5.41 Å². The Morgan fingerprint density at radius 3 is 2.57 bits per heavy atom. The molecule has 122 valence electrons. The van der Waals surface area contributed by atoms with Gasteiger partial charge in [-0.05, 0) is 54.8 Å². The molecule has 2 saturated carbocycles. The molecule has 0 heterocycles. The molecule has 21 heavy (non-hydrogen) atoms. The van der Waals surface area contributed by atoms with Crippen molar-refractivity contribution in [3.05, 3.63) is 0 Å². The van der Waals surface area contributed by atoms with Gasteiger partial charge in [0.05, 0.1) is 0 Å². The molecule has 0 aliphatic heterocycles. The van der Waals surface area contributed by atoms with Gasteiger partial charge < -0.3 is 4.79 Å². The summed E-state index contributed by atoms with van der Waals surface area (Å²) in [6.07, 6.45) is 11.6. The number of carbonyl (C=O) groups excluding carboxylic acids is 1. The van der Waals surface area contributed by atoms with Crippen LogP contribution < -0.4 is 0 Å². The Labute approximate surface area is 132 Å². The van der Waals surface area contributed by atoms with Gasteiger partial charge in [-0.15, -0.1) is 0 Å². The van der Waals surface area contributed by atoms with Crippen LogP contribution in [-0.4, -0.2) is 6.29 Å². The van der Waals surface area contributed by atoms with Crippen molar-refractivity contribution in [1.29, 1.82) is 0 Å². The van der Waals surface area contributed by atoms with E-state index in [1.165, 1.54) is 51.2 Å². The van der Waals surface area contributed by atoms with Crippen molar-refractivity contribution in [1.82, 2.24) is 0 Å². The van der Waals surface area contributed by atoms with E-state index >= 15 is 0 Å². The SMILES string of the molecule is CCC(C)CC[C@H]1[C@@H](C)CCC2[C@@](C)(C=O)CCC[C@@]21C. The molecule has 0 bridgehead atoms. The first-order valence-corrected chi connectivity index (χ1v) is 9.33. The van der Waals surface area contributed by atoms with Gasteiger partial charge in [0.2, 0.25) is 0 Å². The molecule has 6 atom stereocenters. The predicted molar refractivity (Wildman–Crippen MR) is 90.2 cm³/mol. The fourth-order valence-electron chi connectivity index (χ4n) is 5.76. The molecule has 2 unspecified atom stereocenters. The first-order chi connectivity index (χ1) is 9.87. The van der Waals surface area contributed by atoms with E-state index in [0.29, 0.717) is 11.3 Å². The molecule has 0 aromatic carbocycles. The molecule has 2 fully saturated rings. The first-order valence-electron chi connectivity index (χ1n) is 9.33. The third-order valence-electron chi connectivity index (χ3n) is 7.40. The summed E-state index contributed by atoms with van der Waals surface area (Å²) in [5, 5.41) is 0. The van der Waals surface area contributed by atoms with Gasteiger partial charge >= 0.3 is 0 Å². The average Bonchev–Trinajstić information content (AvgIpc) is 2.45. The topological polar surface area (TPSA) is 17.1 Å². The second kappa shape index (κ2) is 6.42. The summed E-state index contributed by atoms with van der Waals surface area (Å²) in [7, 11) is 0. The Kier molecular flexibility index (Phi) is 5.21. The van der Waals surface area contributed by atoms with E-state index in [1.807, 2.05) is 0 Å². The summed E-state index contributed by atoms with van der Waals surface area (Å²) in [6, 6.07) is 0. The van der Waals surface area contributed by atoms with Crippen LogP contribution >= 0.6 is 0 Å². The zero-order chi connectivity index (χ0) is 15.7. The summed E-state index contributed by atoms with van der Waals surface area (Å²) < 4.78 is 0. The zero-order valence-electron chi connectivity index (χ0n) is 15.0. The second-order valence-corrected chi connectivity index (χ2v) is 8.79. The Balaban J connectivity index is 2.20. The predicted octanol–water partition coefficient (Wildman–Crippen LogP) is 5.87. The molecule has 0 aromatic heterocycles. The van der Waals surface area contributed by atoms with Crippen LogP contribution in [0.3, 0.4) is 0 Å². The van der Waals surface area contributed by atoms with Gasteiger partial charge in [0.25, 0.3) is 0 Å². The minimum Gasteiger partial charge on any atom is -0.303 e.